The molecule has 0 aliphatic rings. The maximum atomic E-state index is 12.2. The number of fused-ring (bicyclic) bond motifs is 1. The first kappa shape index (κ1) is 19.2. The minimum absolute atomic E-state index is 0.296. The van der Waals surface area contributed by atoms with Gasteiger partial charge in [0.2, 0.25) is 0 Å². The number of ether oxygens (including phenoxy) is 2. The Morgan fingerprint density at radius 1 is 1.08 bits per heavy atom. The normalized spacial score (nSPS) is 12.3. The van der Waals surface area contributed by atoms with Crippen molar-refractivity contribution in [2.24, 2.45) is 0 Å². The van der Waals surface area contributed by atoms with Crippen LogP contribution in [-0.4, -0.2) is 41.4 Å². The van der Waals surface area contributed by atoms with E-state index in [2.05, 4.69) is 5.32 Å². The molecule has 0 saturated carbocycles. The van der Waals surface area contributed by atoms with Gasteiger partial charge >= 0.3 is 18.0 Å². The van der Waals surface area contributed by atoms with E-state index in [4.69, 9.17) is 9.47 Å². The highest BCUT2D eigenvalue weighted by Crippen LogP contribution is 2.16. The van der Waals surface area contributed by atoms with Crippen molar-refractivity contribution < 1.29 is 29.0 Å². The fraction of sp³-hybridized carbons (Fsp3) is 0.316. The molecule has 2 rings (SSSR count). The van der Waals surface area contributed by atoms with E-state index >= 15 is 0 Å². The van der Waals surface area contributed by atoms with Crippen LogP contribution in [0.25, 0.3) is 10.8 Å². The van der Waals surface area contributed by atoms with Gasteiger partial charge in [-0.15, -0.1) is 0 Å². The summed E-state index contributed by atoms with van der Waals surface area (Å²) in [7, 11) is 0. The summed E-state index contributed by atoms with van der Waals surface area (Å²) in [6.45, 7) is 4.45. The quantitative estimate of drug-likeness (QED) is 0.796. The summed E-state index contributed by atoms with van der Waals surface area (Å²) < 4.78 is 10.0. The molecule has 0 aliphatic carbocycles. The lowest BCUT2D eigenvalue weighted by molar-refractivity contribution is -0.140. The lowest BCUT2D eigenvalue weighted by Gasteiger charge is -2.21. The van der Waals surface area contributed by atoms with Gasteiger partial charge in [-0.25, -0.2) is 14.4 Å². The number of alkyl carbamates (subject to hydrolysis) is 1. The maximum absolute atomic E-state index is 12.2. The second-order valence-corrected chi connectivity index (χ2v) is 6.70. The van der Waals surface area contributed by atoms with Crippen molar-refractivity contribution in [3.63, 3.8) is 0 Å². The number of carbonyl (C=O) groups excluding carboxylic acids is 2. The molecule has 0 saturated heterocycles. The molecule has 1 amide bonds. The van der Waals surface area contributed by atoms with Crippen molar-refractivity contribution >= 4 is 28.8 Å². The first-order chi connectivity index (χ1) is 12.2. The van der Waals surface area contributed by atoms with Crippen molar-refractivity contribution in [3.8, 4) is 0 Å². The zero-order valence-corrected chi connectivity index (χ0v) is 14.8. The highest BCUT2D eigenvalue weighted by Gasteiger charge is 2.25. The number of carbonyl (C=O) groups is 3. The van der Waals surface area contributed by atoms with E-state index in [1.165, 1.54) is 0 Å². The molecule has 2 aromatic carbocycles. The number of benzene rings is 2. The molecule has 138 valence electrons. The molecule has 0 aromatic heterocycles. The van der Waals surface area contributed by atoms with Crippen LogP contribution in [0.5, 0.6) is 0 Å². The highest BCUT2D eigenvalue weighted by molar-refractivity contribution is 5.95. The van der Waals surface area contributed by atoms with Gasteiger partial charge in [0.05, 0.1) is 5.56 Å². The molecule has 0 radical (unpaired) electrons. The van der Waals surface area contributed by atoms with Gasteiger partial charge < -0.3 is 19.9 Å². The van der Waals surface area contributed by atoms with Crippen molar-refractivity contribution in [3.05, 3.63) is 48.0 Å². The van der Waals surface area contributed by atoms with E-state index in [0.717, 1.165) is 10.8 Å². The minimum atomic E-state index is -1.41. The highest BCUT2D eigenvalue weighted by atomic mass is 16.6. The number of carboxylic acids is 1. The topological polar surface area (TPSA) is 102 Å². The smallest absolute Gasteiger partial charge is 0.408 e. The van der Waals surface area contributed by atoms with Gasteiger partial charge in [0.25, 0.3) is 0 Å². The Bertz CT molecular complexity index is 824. The molecule has 2 aromatic rings. The third-order valence-corrected chi connectivity index (χ3v) is 3.36. The molecule has 1 atom stereocenters. The van der Waals surface area contributed by atoms with Crippen molar-refractivity contribution in [1.29, 1.82) is 0 Å². The van der Waals surface area contributed by atoms with Gasteiger partial charge in [0.1, 0.15) is 12.2 Å². The summed E-state index contributed by atoms with van der Waals surface area (Å²) in [6.07, 6.45) is -0.897. The molecule has 2 N–H and O–H groups in total. The van der Waals surface area contributed by atoms with E-state index < -0.39 is 36.3 Å². The van der Waals surface area contributed by atoms with Crippen LogP contribution in [0.4, 0.5) is 4.79 Å². The second-order valence-electron chi connectivity index (χ2n) is 6.70. The number of hydrogen-bond acceptors (Lipinski definition) is 5. The first-order valence-electron chi connectivity index (χ1n) is 8.04. The van der Waals surface area contributed by atoms with Gasteiger partial charge in [-0.3, -0.25) is 0 Å². The summed E-state index contributed by atoms with van der Waals surface area (Å²) >= 11 is 0. The SMILES string of the molecule is CC(C)(C)OC(=O)N[C@H](COC(=O)c1ccc2ccccc2c1)C(=O)O. The number of nitrogens with one attached hydrogen (secondary N) is 1. The Morgan fingerprint density at radius 2 is 1.73 bits per heavy atom. The predicted molar refractivity (Wildman–Crippen MR) is 95.0 cm³/mol. The Labute approximate surface area is 150 Å². The average molecular weight is 359 g/mol. The van der Waals surface area contributed by atoms with Gasteiger partial charge in [-0.2, -0.15) is 0 Å². The number of amides is 1. The van der Waals surface area contributed by atoms with Crippen molar-refractivity contribution in [2.75, 3.05) is 6.61 Å². The monoisotopic (exact) mass is 359 g/mol. The summed E-state index contributed by atoms with van der Waals surface area (Å²) in [5, 5.41) is 13.2. The summed E-state index contributed by atoms with van der Waals surface area (Å²) in [4.78, 5) is 35.1. The third-order valence-electron chi connectivity index (χ3n) is 3.36. The van der Waals surface area contributed by atoms with Gasteiger partial charge in [-0.05, 0) is 43.7 Å². The zero-order chi connectivity index (χ0) is 19.3. The summed E-state index contributed by atoms with van der Waals surface area (Å²) in [5.74, 6) is -2.00. The van der Waals surface area contributed by atoms with E-state index in [-0.39, 0.29) is 0 Å². The number of hydrogen-bond donors (Lipinski definition) is 2. The van der Waals surface area contributed by atoms with Crippen LogP contribution in [-0.2, 0) is 14.3 Å². The number of carboxylic acid groups (broad SMARTS) is 1. The molecular formula is C19H21NO6. The average Bonchev–Trinajstić information content (AvgIpc) is 2.56. The molecule has 0 bridgehead atoms. The van der Waals surface area contributed by atoms with Crippen LogP contribution >= 0.6 is 0 Å². The summed E-state index contributed by atoms with van der Waals surface area (Å²) in [6, 6.07) is 11.1. The van der Waals surface area contributed by atoms with Crippen LogP contribution in [0, 0.1) is 0 Å². The maximum Gasteiger partial charge on any atom is 0.408 e. The van der Waals surface area contributed by atoms with Crippen LogP contribution < -0.4 is 5.32 Å². The van der Waals surface area contributed by atoms with Crippen molar-refractivity contribution in [2.45, 2.75) is 32.4 Å². The molecule has 0 aliphatic heterocycles. The van der Waals surface area contributed by atoms with Gasteiger partial charge in [0, 0.05) is 0 Å². The Balaban J connectivity index is 1.99. The molecule has 0 unspecified atom stereocenters. The van der Waals surface area contributed by atoms with Gasteiger partial charge in [0.15, 0.2) is 6.04 Å². The van der Waals surface area contributed by atoms with Crippen LogP contribution in [0.1, 0.15) is 31.1 Å². The fourth-order valence-corrected chi connectivity index (χ4v) is 2.18. The van der Waals surface area contributed by atoms with E-state index in [0.29, 0.717) is 5.56 Å². The first-order valence-corrected chi connectivity index (χ1v) is 8.04. The number of esters is 1. The van der Waals surface area contributed by atoms with Gasteiger partial charge in [-0.1, -0.05) is 30.3 Å². The largest absolute Gasteiger partial charge is 0.480 e. The van der Waals surface area contributed by atoms with Crippen LogP contribution in [0.15, 0.2) is 42.5 Å². The zero-order valence-electron chi connectivity index (χ0n) is 14.8. The fourth-order valence-electron chi connectivity index (χ4n) is 2.18. The minimum Gasteiger partial charge on any atom is -0.480 e. The lowest BCUT2D eigenvalue weighted by atomic mass is 10.1. The lowest BCUT2D eigenvalue weighted by Crippen LogP contribution is -2.46. The molecular weight excluding hydrogens is 338 g/mol. The van der Waals surface area contributed by atoms with E-state index in [1.807, 2.05) is 24.3 Å². The van der Waals surface area contributed by atoms with E-state index in [9.17, 15) is 19.5 Å². The molecule has 7 nitrogen and oxygen atoms in total. The Morgan fingerprint density at radius 3 is 2.35 bits per heavy atom. The summed E-state index contributed by atoms with van der Waals surface area (Å²) in [5.41, 5.74) is -0.473. The molecule has 0 fully saturated rings. The van der Waals surface area contributed by atoms with E-state index in [1.54, 1.807) is 39.0 Å². The standard InChI is InChI=1S/C19H21NO6/c1-19(2,3)26-18(24)20-15(16(21)22)11-25-17(23)14-9-8-12-6-4-5-7-13(12)10-14/h4-10,15H,11H2,1-3H3,(H,20,24)(H,21,22)/t15-/m1/s1. The van der Waals surface area contributed by atoms with Crippen LogP contribution in [0.3, 0.4) is 0 Å². The number of rotatable bonds is 5. The number of aliphatic carboxylic acids is 1. The van der Waals surface area contributed by atoms with Crippen LogP contribution in [0.2, 0.25) is 0 Å². The molecule has 0 spiro atoms. The molecule has 26 heavy (non-hydrogen) atoms. The molecule has 7 heteroatoms. The Kier molecular flexibility index (Phi) is 5.82. The predicted octanol–water partition coefficient (Wildman–Crippen LogP) is 2.97. The van der Waals surface area contributed by atoms with Crippen molar-refractivity contribution in [1.82, 2.24) is 5.32 Å². The Hall–Kier alpha value is -3.09. The second kappa shape index (κ2) is 7.86. The molecule has 0 heterocycles. The third kappa shape index (κ3) is 5.47.